The van der Waals surface area contributed by atoms with Gasteiger partial charge in [0.05, 0.1) is 16.8 Å². The standard InChI is InChI=1S/C17H16BrN5O3S/c1-17(2,27(25,26)14-6-3-12(18)4-7-14)16(24)22-13-5-8-15(20-9-13)23-11-19-10-21-23/h3-11H,1-2H3,(H,22,24). The Labute approximate surface area is 164 Å². The second kappa shape index (κ2) is 7.20. The highest BCUT2D eigenvalue weighted by Gasteiger charge is 2.42. The molecule has 0 aliphatic carbocycles. The second-order valence-electron chi connectivity index (χ2n) is 6.17. The van der Waals surface area contributed by atoms with E-state index in [1.165, 1.54) is 49.5 Å². The summed E-state index contributed by atoms with van der Waals surface area (Å²) < 4.78 is 26.3. The molecular formula is C17H16BrN5O3S. The number of sulfone groups is 1. The number of benzene rings is 1. The van der Waals surface area contributed by atoms with Crippen molar-refractivity contribution in [3.8, 4) is 5.82 Å². The van der Waals surface area contributed by atoms with E-state index in [9.17, 15) is 13.2 Å². The Morgan fingerprint density at radius 1 is 1.15 bits per heavy atom. The molecule has 3 aromatic rings. The molecular weight excluding hydrogens is 434 g/mol. The van der Waals surface area contributed by atoms with Gasteiger partial charge in [-0.3, -0.25) is 4.79 Å². The number of anilines is 1. The topological polar surface area (TPSA) is 107 Å². The van der Waals surface area contributed by atoms with Gasteiger partial charge in [-0.1, -0.05) is 15.9 Å². The first-order chi connectivity index (χ1) is 12.7. The first kappa shape index (κ1) is 19.2. The summed E-state index contributed by atoms with van der Waals surface area (Å²) >= 11 is 3.26. The molecule has 2 aromatic heterocycles. The fourth-order valence-corrected chi connectivity index (χ4v) is 3.88. The molecule has 0 atom stereocenters. The maximum absolute atomic E-state index is 12.9. The van der Waals surface area contributed by atoms with Crippen LogP contribution in [0, 0.1) is 0 Å². The Kier molecular flexibility index (Phi) is 5.11. The lowest BCUT2D eigenvalue weighted by Gasteiger charge is -2.24. The average molecular weight is 450 g/mol. The number of amides is 1. The number of carbonyl (C=O) groups excluding carboxylic acids is 1. The highest BCUT2D eigenvalue weighted by molar-refractivity contribution is 9.10. The second-order valence-corrected chi connectivity index (χ2v) is 9.58. The summed E-state index contributed by atoms with van der Waals surface area (Å²) in [6, 6.07) is 9.41. The summed E-state index contributed by atoms with van der Waals surface area (Å²) in [5, 5.41) is 6.57. The minimum atomic E-state index is -3.89. The number of nitrogens with one attached hydrogen (secondary N) is 1. The fraction of sp³-hybridized carbons (Fsp3) is 0.176. The summed E-state index contributed by atoms with van der Waals surface area (Å²) in [4.78, 5) is 20.8. The Morgan fingerprint density at radius 3 is 2.41 bits per heavy atom. The van der Waals surface area contributed by atoms with Crippen molar-refractivity contribution >= 4 is 37.4 Å². The van der Waals surface area contributed by atoms with E-state index in [1.807, 2.05) is 0 Å². The molecule has 27 heavy (non-hydrogen) atoms. The molecule has 1 aromatic carbocycles. The Hall–Kier alpha value is -2.59. The summed E-state index contributed by atoms with van der Waals surface area (Å²) in [6.07, 6.45) is 4.30. The molecule has 1 amide bonds. The summed E-state index contributed by atoms with van der Waals surface area (Å²) in [5.41, 5.74) is 0.378. The number of hydrogen-bond donors (Lipinski definition) is 1. The van der Waals surface area contributed by atoms with Crippen molar-refractivity contribution in [1.29, 1.82) is 0 Å². The maximum Gasteiger partial charge on any atom is 0.245 e. The van der Waals surface area contributed by atoms with Crippen molar-refractivity contribution in [2.24, 2.45) is 0 Å². The number of pyridine rings is 1. The Morgan fingerprint density at radius 2 is 1.85 bits per heavy atom. The van der Waals surface area contributed by atoms with Gasteiger partial charge in [-0.25, -0.2) is 23.1 Å². The van der Waals surface area contributed by atoms with E-state index in [-0.39, 0.29) is 4.90 Å². The fourth-order valence-electron chi connectivity index (χ4n) is 2.23. The van der Waals surface area contributed by atoms with Gasteiger partial charge in [0, 0.05) is 4.47 Å². The van der Waals surface area contributed by atoms with E-state index in [1.54, 1.807) is 24.3 Å². The van der Waals surface area contributed by atoms with Crippen LogP contribution in [0.4, 0.5) is 5.69 Å². The third-order valence-electron chi connectivity index (χ3n) is 4.00. The van der Waals surface area contributed by atoms with Gasteiger partial charge in [-0.15, -0.1) is 0 Å². The van der Waals surface area contributed by atoms with Gasteiger partial charge in [-0.2, -0.15) is 5.10 Å². The highest BCUT2D eigenvalue weighted by atomic mass is 79.9. The van der Waals surface area contributed by atoms with Crippen LogP contribution in [0.3, 0.4) is 0 Å². The molecule has 3 rings (SSSR count). The normalized spacial score (nSPS) is 12.0. The van der Waals surface area contributed by atoms with Crippen LogP contribution < -0.4 is 5.32 Å². The van der Waals surface area contributed by atoms with Crippen LogP contribution in [-0.2, 0) is 14.6 Å². The lowest BCUT2D eigenvalue weighted by Crippen LogP contribution is -2.44. The Balaban J connectivity index is 1.80. The SMILES string of the molecule is CC(C)(C(=O)Nc1ccc(-n2cncn2)nc1)S(=O)(=O)c1ccc(Br)cc1. The number of aromatic nitrogens is 4. The predicted octanol–water partition coefficient (Wildman–Crippen LogP) is 2.62. The quantitative estimate of drug-likeness (QED) is 0.641. The minimum absolute atomic E-state index is 0.0745. The molecule has 0 aliphatic rings. The van der Waals surface area contributed by atoms with Crippen LogP contribution in [0.1, 0.15) is 13.8 Å². The van der Waals surface area contributed by atoms with Gasteiger partial charge in [0.2, 0.25) is 5.91 Å². The van der Waals surface area contributed by atoms with Crippen LogP contribution >= 0.6 is 15.9 Å². The molecule has 0 aliphatic heterocycles. The summed E-state index contributed by atoms with van der Waals surface area (Å²) in [6.45, 7) is 2.74. The van der Waals surface area contributed by atoms with Crippen molar-refractivity contribution in [2.45, 2.75) is 23.5 Å². The zero-order valence-corrected chi connectivity index (χ0v) is 16.9. The molecule has 8 nitrogen and oxygen atoms in total. The van der Waals surface area contributed by atoms with Crippen molar-refractivity contribution < 1.29 is 13.2 Å². The molecule has 1 N–H and O–H groups in total. The first-order valence-electron chi connectivity index (χ1n) is 7.84. The van der Waals surface area contributed by atoms with Gasteiger partial charge in [0.25, 0.3) is 0 Å². The molecule has 140 valence electrons. The molecule has 0 unspecified atom stereocenters. The van der Waals surface area contributed by atoms with Crippen LogP contribution in [0.15, 0.2) is 64.6 Å². The van der Waals surface area contributed by atoms with Crippen LogP contribution in [0.2, 0.25) is 0 Å². The molecule has 0 spiro atoms. The van der Waals surface area contributed by atoms with Gasteiger partial charge in [-0.05, 0) is 50.2 Å². The lowest BCUT2D eigenvalue weighted by atomic mass is 10.2. The van der Waals surface area contributed by atoms with Crippen LogP contribution in [-0.4, -0.2) is 38.8 Å². The van der Waals surface area contributed by atoms with E-state index in [2.05, 4.69) is 36.3 Å². The summed E-state index contributed by atoms with van der Waals surface area (Å²) in [7, 11) is -3.89. The minimum Gasteiger partial charge on any atom is -0.323 e. The van der Waals surface area contributed by atoms with E-state index in [4.69, 9.17) is 0 Å². The van der Waals surface area contributed by atoms with Crippen molar-refractivity contribution in [3.63, 3.8) is 0 Å². The van der Waals surface area contributed by atoms with Gasteiger partial charge >= 0.3 is 0 Å². The first-order valence-corrected chi connectivity index (χ1v) is 10.1. The zero-order chi connectivity index (χ0) is 19.7. The maximum atomic E-state index is 12.9. The Bertz CT molecular complexity index is 1050. The lowest BCUT2D eigenvalue weighted by molar-refractivity contribution is -0.117. The van der Waals surface area contributed by atoms with Gasteiger partial charge in [0.15, 0.2) is 15.7 Å². The van der Waals surface area contributed by atoms with Crippen molar-refractivity contribution in [2.75, 3.05) is 5.32 Å². The smallest absolute Gasteiger partial charge is 0.245 e. The molecule has 0 fully saturated rings. The molecule has 0 bridgehead atoms. The number of rotatable bonds is 5. The largest absolute Gasteiger partial charge is 0.323 e. The summed E-state index contributed by atoms with van der Waals surface area (Å²) in [5.74, 6) is -0.132. The third kappa shape index (κ3) is 3.76. The van der Waals surface area contributed by atoms with Crippen molar-refractivity contribution in [3.05, 3.63) is 59.7 Å². The molecule has 2 heterocycles. The number of hydrogen-bond acceptors (Lipinski definition) is 6. The number of nitrogens with zero attached hydrogens (tertiary/aromatic N) is 4. The monoisotopic (exact) mass is 449 g/mol. The molecule has 0 saturated carbocycles. The van der Waals surface area contributed by atoms with Crippen LogP contribution in [0.5, 0.6) is 0 Å². The third-order valence-corrected chi connectivity index (χ3v) is 6.95. The predicted molar refractivity (Wildman–Crippen MR) is 103 cm³/mol. The molecule has 0 saturated heterocycles. The van der Waals surface area contributed by atoms with E-state index in [0.29, 0.717) is 11.5 Å². The molecule has 10 heteroatoms. The van der Waals surface area contributed by atoms with Gasteiger partial charge in [0.1, 0.15) is 17.4 Å². The van der Waals surface area contributed by atoms with E-state index in [0.717, 1.165) is 4.47 Å². The van der Waals surface area contributed by atoms with E-state index < -0.39 is 20.5 Å². The number of halogens is 1. The highest BCUT2D eigenvalue weighted by Crippen LogP contribution is 2.28. The molecule has 0 radical (unpaired) electrons. The average Bonchev–Trinajstić information content (AvgIpc) is 3.17. The zero-order valence-electron chi connectivity index (χ0n) is 14.5. The van der Waals surface area contributed by atoms with Gasteiger partial charge < -0.3 is 5.32 Å². The number of carbonyl (C=O) groups is 1. The van der Waals surface area contributed by atoms with Crippen LogP contribution in [0.25, 0.3) is 5.82 Å². The van der Waals surface area contributed by atoms with E-state index >= 15 is 0 Å². The van der Waals surface area contributed by atoms with Crippen molar-refractivity contribution in [1.82, 2.24) is 19.7 Å².